The van der Waals surface area contributed by atoms with Crippen molar-refractivity contribution in [1.82, 2.24) is 30.2 Å². The van der Waals surface area contributed by atoms with Gasteiger partial charge in [0.25, 0.3) is 11.8 Å². The van der Waals surface area contributed by atoms with Gasteiger partial charge in [-0.1, -0.05) is 49.9 Å². The molecule has 4 aliphatic heterocycles. The van der Waals surface area contributed by atoms with Crippen LogP contribution in [0.2, 0.25) is 0 Å². The van der Waals surface area contributed by atoms with Gasteiger partial charge < -0.3 is 20.4 Å². The largest absolute Gasteiger partial charge is 0.376 e. The monoisotopic (exact) mass is 836 g/mol. The number of hydrogen-bond donors (Lipinski definition) is 3. The third-order valence-electron chi connectivity index (χ3n) is 12.9. The molecule has 4 aliphatic rings. The lowest BCUT2D eigenvalue weighted by Gasteiger charge is -2.36. The number of amides is 5. The second kappa shape index (κ2) is 20.1. The molecule has 3 N–H and O–H groups in total. The van der Waals surface area contributed by atoms with Crippen molar-refractivity contribution < 1.29 is 28.4 Å². The smallest absolute Gasteiger partial charge is 0.262 e. The summed E-state index contributed by atoms with van der Waals surface area (Å²) < 4.78 is 14.6. The summed E-state index contributed by atoms with van der Waals surface area (Å²) in [6.07, 6.45) is 6.82. The number of likely N-dealkylation sites (N-methyl/N-ethyl adjacent to an activating group) is 1. The molecule has 0 aliphatic carbocycles. The molecule has 0 aromatic heterocycles. The van der Waals surface area contributed by atoms with Gasteiger partial charge in [-0.05, 0) is 94.4 Å². The van der Waals surface area contributed by atoms with E-state index < -0.39 is 29.7 Å². The molecule has 1 unspecified atom stereocenters. The molecule has 3 aromatic rings. The second-order valence-corrected chi connectivity index (χ2v) is 17.3. The number of carbonyl (C=O) groups is 5. The number of halogens is 1. The van der Waals surface area contributed by atoms with Crippen molar-refractivity contribution in [2.45, 2.75) is 82.8 Å². The molecular formula is C47H61FN8O5. The van der Waals surface area contributed by atoms with Gasteiger partial charge in [0, 0.05) is 87.7 Å². The number of benzene rings is 3. The zero-order valence-electron chi connectivity index (χ0n) is 35.9. The molecule has 13 nitrogen and oxygen atoms in total. The summed E-state index contributed by atoms with van der Waals surface area (Å²) >= 11 is 0. The van der Waals surface area contributed by atoms with Crippen LogP contribution >= 0.6 is 0 Å². The highest BCUT2D eigenvalue weighted by molar-refractivity contribution is 6.23. The molecule has 7 rings (SSSR count). The Balaban J connectivity index is 0.733. The fourth-order valence-corrected chi connectivity index (χ4v) is 9.32. The van der Waals surface area contributed by atoms with Gasteiger partial charge in [-0.3, -0.25) is 44.0 Å². The number of nitrogens with one attached hydrogen (secondary N) is 3. The van der Waals surface area contributed by atoms with E-state index in [4.69, 9.17) is 0 Å². The third-order valence-corrected chi connectivity index (χ3v) is 12.9. The van der Waals surface area contributed by atoms with Crippen LogP contribution in [0.4, 0.5) is 15.8 Å². The number of aryl methyl sites for hydroxylation is 1. The Labute approximate surface area is 359 Å². The SMILES string of the molecule is Cc1cccc(F)c1CN1C[C@H](c2ccc(N3CCN(CCCCCCCCNC(=O)CNc4ccc5c(c4)C(=O)N(C4CCC(=O)NC4=O)C5=O)CC3)cc2)[C@@H](N(C)C)C1. The predicted octanol–water partition coefficient (Wildman–Crippen LogP) is 4.76. The Kier molecular flexibility index (Phi) is 14.5. The molecule has 0 radical (unpaired) electrons. The number of rotatable bonds is 18. The van der Waals surface area contributed by atoms with Gasteiger partial charge >= 0.3 is 0 Å². The Bertz CT molecular complexity index is 2050. The van der Waals surface area contributed by atoms with E-state index in [0.29, 0.717) is 30.7 Å². The van der Waals surface area contributed by atoms with Crippen molar-refractivity contribution in [3.8, 4) is 0 Å². The summed E-state index contributed by atoms with van der Waals surface area (Å²) in [5.41, 5.74) is 5.34. The van der Waals surface area contributed by atoms with Crippen LogP contribution in [0, 0.1) is 12.7 Å². The van der Waals surface area contributed by atoms with Crippen molar-refractivity contribution in [2.24, 2.45) is 0 Å². The van der Waals surface area contributed by atoms with Crippen molar-refractivity contribution in [1.29, 1.82) is 0 Å². The van der Waals surface area contributed by atoms with Crippen LogP contribution < -0.4 is 20.9 Å². The molecule has 3 aromatic carbocycles. The standard InChI is InChI=1S/C47H61FN8O5/c1-32-11-10-12-40(48)38(32)29-54-30-39(42(31-54)52(2)3)33-13-16-35(17-14-33)55-25-23-53(24-26-55)22-9-7-5-4-6-8-21-49-44(58)28-50-34-15-18-36-37(27-34)47(61)56(46(36)60)41-19-20-43(57)51-45(41)59/h10-18,27,39,41-42,50H,4-9,19-26,28-31H2,1-3H3,(H,49,58)(H,51,57,59)/t39-,41?,42+/m1/s1. The average molecular weight is 837 g/mol. The second-order valence-electron chi connectivity index (χ2n) is 17.3. The summed E-state index contributed by atoms with van der Waals surface area (Å²) in [6, 6.07) is 18.6. The number of unbranched alkanes of at least 4 members (excludes halogenated alkanes) is 5. The molecule has 0 spiro atoms. The van der Waals surface area contributed by atoms with E-state index in [0.717, 1.165) is 81.1 Å². The minimum atomic E-state index is -1.02. The quantitative estimate of drug-likeness (QED) is 0.122. The van der Waals surface area contributed by atoms with Gasteiger partial charge in [-0.2, -0.15) is 0 Å². The Morgan fingerprint density at radius 3 is 2.28 bits per heavy atom. The summed E-state index contributed by atoms with van der Waals surface area (Å²) in [4.78, 5) is 73.0. The van der Waals surface area contributed by atoms with Crippen LogP contribution in [0.25, 0.3) is 0 Å². The fourth-order valence-electron chi connectivity index (χ4n) is 9.32. The van der Waals surface area contributed by atoms with Crippen LogP contribution in [0.1, 0.15) is 94.7 Å². The minimum absolute atomic E-state index is 0.0235. The highest BCUT2D eigenvalue weighted by atomic mass is 19.1. The number of piperazine rings is 1. The lowest BCUT2D eigenvalue weighted by atomic mass is 9.93. The van der Waals surface area contributed by atoms with Gasteiger partial charge in [0.2, 0.25) is 17.7 Å². The number of anilines is 2. The molecule has 5 amide bonds. The zero-order valence-corrected chi connectivity index (χ0v) is 35.9. The van der Waals surface area contributed by atoms with Crippen molar-refractivity contribution in [2.75, 3.05) is 83.2 Å². The van der Waals surface area contributed by atoms with Crippen LogP contribution in [0.5, 0.6) is 0 Å². The molecule has 3 atom stereocenters. The Morgan fingerprint density at radius 1 is 0.836 bits per heavy atom. The van der Waals surface area contributed by atoms with E-state index in [1.165, 1.54) is 42.6 Å². The van der Waals surface area contributed by atoms with Gasteiger partial charge in [0.05, 0.1) is 17.7 Å². The number of fused-ring (bicyclic) bond motifs is 1. The molecule has 0 bridgehead atoms. The number of imide groups is 2. The lowest BCUT2D eigenvalue weighted by Crippen LogP contribution is -2.54. The molecule has 4 heterocycles. The number of carbonyl (C=O) groups excluding carboxylic acids is 5. The first-order valence-corrected chi connectivity index (χ1v) is 22.0. The summed E-state index contributed by atoms with van der Waals surface area (Å²) in [7, 11) is 4.30. The first-order valence-electron chi connectivity index (χ1n) is 22.0. The number of nitrogens with zero attached hydrogens (tertiary/aromatic N) is 5. The third kappa shape index (κ3) is 10.7. The normalized spacial score (nSPS) is 21.0. The van der Waals surface area contributed by atoms with Crippen molar-refractivity contribution in [3.63, 3.8) is 0 Å². The van der Waals surface area contributed by atoms with E-state index in [2.05, 4.69) is 73.9 Å². The van der Waals surface area contributed by atoms with Crippen molar-refractivity contribution >= 4 is 40.9 Å². The van der Waals surface area contributed by atoms with E-state index in [1.807, 2.05) is 13.0 Å². The minimum Gasteiger partial charge on any atom is -0.376 e. The Morgan fingerprint density at radius 2 is 1.56 bits per heavy atom. The van der Waals surface area contributed by atoms with Gasteiger partial charge in [0.15, 0.2) is 0 Å². The highest BCUT2D eigenvalue weighted by Gasteiger charge is 2.44. The van der Waals surface area contributed by atoms with Gasteiger partial charge in [0.1, 0.15) is 11.9 Å². The Hall–Kier alpha value is -5.18. The maximum absolute atomic E-state index is 14.6. The topological polar surface area (TPSA) is 138 Å². The number of likely N-dealkylation sites (tertiary alicyclic amines) is 1. The van der Waals surface area contributed by atoms with Crippen LogP contribution in [-0.4, -0.2) is 134 Å². The van der Waals surface area contributed by atoms with Crippen LogP contribution in [0.3, 0.4) is 0 Å². The molecule has 14 heteroatoms. The summed E-state index contributed by atoms with van der Waals surface area (Å²) in [5, 5.41) is 8.16. The number of hydrogen-bond acceptors (Lipinski definition) is 10. The van der Waals surface area contributed by atoms with E-state index >= 15 is 0 Å². The summed E-state index contributed by atoms with van der Waals surface area (Å²) in [6.45, 7) is 10.4. The first kappa shape index (κ1) is 43.9. The lowest BCUT2D eigenvalue weighted by molar-refractivity contribution is -0.136. The van der Waals surface area contributed by atoms with Crippen LogP contribution in [-0.2, 0) is 20.9 Å². The van der Waals surface area contributed by atoms with Gasteiger partial charge in [-0.15, -0.1) is 0 Å². The highest BCUT2D eigenvalue weighted by Crippen LogP contribution is 2.34. The fraction of sp³-hybridized carbons (Fsp3) is 0.511. The maximum atomic E-state index is 14.6. The summed E-state index contributed by atoms with van der Waals surface area (Å²) in [5.74, 6) is -2.11. The predicted molar refractivity (Wildman–Crippen MR) is 234 cm³/mol. The zero-order chi connectivity index (χ0) is 43.0. The molecule has 61 heavy (non-hydrogen) atoms. The van der Waals surface area contributed by atoms with E-state index in [-0.39, 0.29) is 42.2 Å². The van der Waals surface area contributed by atoms with Crippen LogP contribution in [0.15, 0.2) is 60.7 Å². The molecule has 3 fully saturated rings. The van der Waals surface area contributed by atoms with Crippen molar-refractivity contribution in [3.05, 3.63) is 94.3 Å². The average Bonchev–Trinajstić information content (AvgIpc) is 3.79. The maximum Gasteiger partial charge on any atom is 0.262 e. The van der Waals surface area contributed by atoms with Gasteiger partial charge in [-0.25, -0.2) is 4.39 Å². The molecule has 326 valence electrons. The van der Waals surface area contributed by atoms with E-state index in [1.54, 1.807) is 18.2 Å². The first-order chi connectivity index (χ1) is 29.5. The number of piperidine rings is 1. The molecule has 3 saturated heterocycles. The molecular weight excluding hydrogens is 776 g/mol. The molecule has 0 saturated carbocycles. The van der Waals surface area contributed by atoms with E-state index in [9.17, 15) is 28.4 Å².